The van der Waals surface area contributed by atoms with Crippen LogP contribution < -0.4 is 5.32 Å². The van der Waals surface area contributed by atoms with Crippen LogP contribution in [0.15, 0.2) is 23.0 Å². The fourth-order valence-corrected chi connectivity index (χ4v) is 3.09. The second kappa shape index (κ2) is 6.51. The summed E-state index contributed by atoms with van der Waals surface area (Å²) in [6.45, 7) is 3.54. The van der Waals surface area contributed by atoms with Gasteiger partial charge in [0, 0.05) is 50.8 Å². The minimum absolute atomic E-state index is 0.0974. The Labute approximate surface area is 134 Å². The molecule has 0 bridgehead atoms. The van der Waals surface area contributed by atoms with Crippen molar-refractivity contribution in [2.24, 2.45) is 13.0 Å². The van der Waals surface area contributed by atoms with Gasteiger partial charge >= 0.3 is 0 Å². The molecule has 0 unspecified atom stereocenters. The third-order valence-electron chi connectivity index (χ3n) is 4.17. The summed E-state index contributed by atoms with van der Waals surface area (Å²) in [6, 6.07) is 1.68. The Morgan fingerprint density at radius 2 is 2.35 bits per heavy atom. The van der Waals surface area contributed by atoms with Gasteiger partial charge < -0.3 is 14.9 Å². The number of aryl methyl sites for hydroxylation is 2. The maximum absolute atomic E-state index is 12.1. The number of rotatable bonds is 5. The highest BCUT2D eigenvalue weighted by atomic mass is 16.5. The number of hydrogen-bond donors (Lipinski definition) is 2. The van der Waals surface area contributed by atoms with Crippen LogP contribution in [0.3, 0.4) is 0 Å². The molecule has 2 aromatic heterocycles. The highest BCUT2D eigenvalue weighted by Gasteiger charge is 2.34. The summed E-state index contributed by atoms with van der Waals surface area (Å²) in [5.74, 6) is 1.24. The van der Waals surface area contributed by atoms with Crippen molar-refractivity contribution in [3.8, 4) is 0 Å². The van der Waals surface area contributed by atoms with Crippen LogP contribution in [0.25, 0.3) is 0 Å². The molecule has 1 aliphatic rings. The topological polar surface area (TPSA) is 96.4 Å². The van der Waals surface area contributed by atoms with Crippen molar-refractivity contribution >= 4 is 11.7 Å². The number of nitrogens with zero attached hydrogens (tertiary/aromatic N) is 4. The zero-order valence-electron chi connectivity index (χ0n) is 13.3. The first-order chi connectivity index (χ1) is 11.0. The molecule has 8 nitrogen and oxygen atoms in total. The van der Waals surface area contributed by atoms with Crippen molar-refractivity contribution < 1.29 is 14.4 Å². The van der Waals surface area contributed by atoms with E-state index in [1.807, 2.05) is 24.3 Å². The molecule has 8 heteroatoms. The van der Waals surface area contributed by atoms with E-state index in [1.54, 1.807) is 17.7 Å². The Kier molecular flexibility index (Phi) is 4.44. The molecule has 0 aliphatic carbocycles. The van der Waals surface area contributed by atoms with E-state index in [0.717, 1.165) is 12.1 Å². The quantitative estimate of drug-likeness (QED) is 0.826. The molecule has 2 N–H and O–H groups in total. The van der Waals surface area contributed by atoms with Gasteiger partial charge in [0.2, 0.25) is 5.91 Å². The molecule has 0 spiro atoms. The lowest BCUT2D eigenvalue weighted by Gasteiger charge is -2.14. The largest absolute Gasteiger partial charge is 0.396 e. The molecule has 0 aromatic carbocycles. The second-order valence-corrected chi connectivity index (χ2v) is 6.06. The van der Waals surface area contributed by atoms with Gasteiger partial charge in [-0.1, -0.05) is 5.16 Å². The van der Waals surface area contributed by atoms with Crippen LogP contribution in [0.5, 0.6) is 0 Å². The Hall–Kier alpha value is -2.19. The third kappa shape index (κ3) is 3.59. The number of amides is 1. The standard InChI is InChI=1S/C15H21N5O3/c1-10-3-14(18-23-10)17-15(22)8-20-6-12(9-21)13(7-20)11-4-16-19(2)5-11/h3-5,12-13,21H,6-9H2,1-2H3,(H,17,18,22)/t12-,13-/m0/s1. The molecule has 1 aliphatic heterocycles. The molecule has 0 radical (unpaired) electrons. The minimum Gasteiger partial charge on any atom is -0.396 e. The SMILES string of the molecule is Cc1cc(NC(=O)CN2C[C@@H](CO)[C@H](c3cnn(C)c3)C2)no1. The van der Waals surface area contributed by atoms with Gasteiger partial charge in [0.15, 0.2) is 5.82 Å². The van der Waals surface area contributed by atoms with Gasteiger partial charge in [-0.25, -0.2) is 0 Å². The van der Waals surface area contributed by atoms with E-state index in [2.05, 4.69) is 15.6 Å². The number of nitrogens with one attached hydrogen (secondary N) is 1. The zero-order valence-corrected chi connectivity index (χ0v) is 13.3. The van der Waals surface area contributed by atoms with E-state index < -0.39 is 0 Å². The molecular formula is C15H21N5O3. The van der Waals surface area contributed by atoms with Gasteiger partial charge in [0.1, 0.15) is 5.76 Å². The highest BCUT2D eigenvalue weighted by Crippen LogP contribution is 2.31. The number of aromatic nitrogens is 3. The van der Waals surface area contributed by atoms with Gasteiger partial charge in [-0.15, -0.1) is 0 Å². The Morgan fingerprint density at radius 1 is 1.52 bits per heavy atom. The summed E-state index contributed by atoms with van der Waals surface area (Å²) in [5, 5.41) is 20.3. The fraction of sp³-hybridized carbons (Fsp3) is 0.533. The number of likely N-dealkylation sites (tertiary alicyclic amines) is 1. The average molecular weight is 319 g/mol. The van der Waals surface area contributed by atoms with E-state index in [1.165, 1.54) is 0 Å². The molecule has 1 fully saturated rings. The number of carbonyl (C=O) groups is 1. The summed E-state index contributed by atoms with van der Waals surface area (Å²) < 4.78 is 6.68. The zero-order chi connectivity index (χ0) is 16.4. The molecule has 2 atom stereocenters. The van der Waals surface area contributed by atoms with E-state index in [4.69, 9.17) is 4.52 Å². The number of carbonyl (C=O) groups excluding carboxylic acids is 1. The molecular weight excluding hydrogens is 298 g/mol. The number of anilines is 1. The van der Waals surface area contributed by atoms with Gasteiger partial charge in [-0.2, -0.15) is 5.10 Å². The third-order valence-corrected chi connectivity index (χ3v) is 4.17. The molecule has 0 saturated carbocycles. The first-order valence-corrected chi connectivity index (χ1v) is 7.60. The van der Waals surface area contributed by atoms with Crippen molar-refractivity contribution in [1.29, 1.82) is 0 Å². The molecule has 23 heavy (non-hydrogen) atoms. The number of aliphatic hydroxyl groups excluding tert-OH is 1. The maximum Gasteiger partial charge on any atom is 0.239 e. The van der Waals surface area contributed by atoms with E-state index in [9.17, 15) is 9.90 Å². The van der Waals surface area contributed by atoms with Crippen LogP contribution in [0, 0.1) is 12.8 Å². The lowest BCUT2D eigenvalue weighted by molar-refractivity contribution is -0.117. The summed E-state index contributed by atoms with van der Waals surface area (Å²) in [7, 11) is 1.87. The van der Waals surface area contributed by atoms with Crippen LogP contribution >= 0.6 is 0 Å². The Bertz CT molecular complexity index is 680. The molecule has 1 saturated heterocycles. The van der Waals surface area contributed by atoms with Crippen LogP contribution in [-0.2, 0) is 11.8 Å². The van der Waals surface area contributed by atoms with Crippen LogP contribution in [-0.4, -0.2) is 57.1 Å². The van der Waals surface area contributed by atoms with Crippen molar-refractivity contribution in [2.45, 2.75) is 12.8 Å². The van der Waals surface area contributed by atoms with E-state index in [-0.39, 0.29) is 30.9 Å². The first kappa shape index (κ1) is 15.7. The summed E-state index contributed by atoms with van der Waals surface area (Å²) in [4.78, 5) is 14.1. The summed E-state index contributed by atoms with van der Waals surface area (Å²) in [5.41, 5.74) is 1.10. The summed E-state index contributed by atoms with van der Waals surface area (Å²) in [6.07, 6.45) is 3.80. The second-order valence-electron chi connectivity index (χ2n) is 6.06. The van der Waals surface area contributed by atoms with Crippen LogP contribution in [0.4, 0.5) is 5.82 Å². The summed E-state index contributed by atoms with van der Waals surface area (Å²) >= 11 is 0. The Morgan fingerprint density at radius 3 is 2.96 bits per heavy atom. The van der Waals surface area contributed by atoms with Crippen LogP contribution in [0.1, 0.15) is 17.2 Å². The highest BCUT2D eigenvalue weighted by molar-refractivity contribution is 5.91. The molecule has 3 rings (SSSR count). The molecule has 2 aromatic rings. The first-order valence-electron chi connectivity index (χ1n) is 7.60. The van der Waals surface area contributed by atoms with Crippen LogP contribution in [0.2, 0.25) is 0 Å². The number of aliphatic hydroxyl groups is 1. The van der Waals surface area contributed by atoms with Crippen molar-refractivity contribution in [3.63, 3.8) is 0 Å². The molecule has 1 amide bonds. The lowest BCUT2D eigenvalue weighted by Crippen LogP contribution is -2.32. The van der Waals surface area contributed by atoms with E-state index >= 15 is 0 Å². The fourth-order valence-electron chi connectivity index (χ4n) is 3.09. The number of hydrogen-bond acceptors (Lipinski definition) is 6. The smallest absolute Gasteiger partial charge is 0.239 e. The normalized spacial score (nSPS) is 21.7. The van der Waals surface area contributed by atoms with E-state index in [0.29, 0.717) is 18.1 Å². The Balaban J connectivity index is 1.59. The predicted octanol–water partition coefficient (Wildman–Crippen LogP) is 0.363. The lowest BCUT2D eigenvalue weighted by atomic mass is 9.92. The average Bonchev–Trinajstić information content (AvgIpc) is 3.19. The maximum atomic E-state index is 12.1. The van der Waals surface area contributed by atoms with Crippen molar-refractivity contribution in [1.82, 2.24) is 19.8 Å². The molecule has 124 valence electrons. The van der Waals surface area contributed by atoms with Crippen molar-refractivity contribution in [2.75, 3.05) is 31.6 Å². The monoisotopic (exact) mass is 319 g/mol. The minimum atomic E-state index is -0.137. The van der Waals surface area contributed by atoms with Gasteiger partial charge in [0.05, 0.1) is 12.7 Å². The van der Waals surface area contributed by atoms with Crippen molar-refractivity contribution in [3.05, 3.63) is 29.8 Å². The predicted molar refractivity (Wildman–Crippen MR) is 82.8 cm³/mol. The molecule has 3 heterocycles. The van der Waals surface area contributed by atoms with Gasteiger partial charge in [-0.3, -0.25) is 14.4 Å². The van der Waals surface area contributed by atoms with Gasteiger partial charge in [-0.05, 0) is 12.5 Å². The van der Waals surface area contributed by atoms with Gasteiger partial charge in [0.25, 0.3) is 0 Å².